The standard InChI is InChI=1S/C18H29NO/c1-12-7-13(2)9-17(8-12)20-18-14(3)10-16(5-6-19)11-15(18)4/h10-13,17H,5-9,19H2,1-4H3. The average Bonchev–Trinajstić information content (AvgIpc) is 2.33. The number of benzene rings is 1. The fourth-order valence-electron chi connectivity index (χ4n) is 3.67. The van der Waals surface area contributed by atoms with E-state index in [1.165, 1.54) is 36.0 Å². The maximum absolute atomic E-state index is 6.36. The second kappa shape index (κ2) is 6.62. The average molecular weight is 275 g/mol. The number of hydrogen-bond acceptors (Lipinski definition) is 2. The molecule has 0 heterocycles. The highest BCUT2D eigenvalue weighted by molar-refractivity contribution is 5.43. The van der Waals surface area contributed by atoms with Gasteiger partial charge in [-0.2, -0.15) is 0 Å². The van der Waals surface area contributed by atoms with Crippen molar-refractivity contribution in [1.82, 2.24) is 0 Å². The Morgan fingerprint density at radius 1 is 1.05 bits per heavy atom. The van der Waals surface area contributed by atoms with Crippen LogP contribution in [-0.4, -0.2) is 12.6 Å². The zero-order valence-electron chi connectivity index (χ0n) is 13.4. The van der Waals surface area contributed by atoms with E-state index in [9.17, 15) is 0 Å². The van der Waals surface area contributed by atoms with Crippen LogP contribution in [0.3, 0.4) is 0 Å². The van der Waals surface area contributed by atoms with Gasteiger partial charge in [0, 0.05) is 0 Å². The van der Waals surface area contributed by atoms with E-state index in [0.29, 0.717) is 12.6 Å². The zero-order chi connectivity index (χ0) is 14.7. The molecule has 0 aliphatic heterocycles. The fourth-order valence-corrected chi connectivity index (χ4v) is 3.67. The fraction of sp³-hybridized carbons (Fsp3) is 0.667. The number of rotatable bonds is 4. The van der Waals surface area contributed by atoms with Crippen LogP contribution >= 0.6 is 0 Å². The molecule has 1 aliphatic rings. The minimum Gasteiger partial charge on any atom is -0.490 e. The van der Waals surface area contributed by atoms with Crippen molar-refractivity contribution in [3.63, 3.8) is 0 Å². The highest BCUT2D eigenvalue weighted by Crippen LogP contribution is 2.34. The van der Waals surface area contributed by atoms with Gasteiger partial charge in [0.25, 0.3) is 0 Å². The van der Waals surface area contributed by atoms with Crippen LogP contribution in [0.4, 0.5) is 0 Å². The van der Waals surface area contributed by atoms with Crippen LogP contribution in [0.15, 0.2) is 12.1 Å². The molecule has 2 atom stereocenters. The lowest BCUT2D eigenvalue weighted by molar-refractivity contribution is 0.0996. The van der Waals surface area contributed by atoms with Gasteiger partial charge in [-0.05, 0) is 74.6 Å². The maximum Gasteiger partial charge on any atom is 0.125 e. The molecule has 1 aromatic carbocycles. The van der Waals surface area contributed by atoms with Crippen LogP contribution in [0.5, 0.6) is 5.75 Å². The lowest BCUT2D eigenvalue weighted by Crippen LogP contribution is -2.29. The Kier molecular flexibility index (Phi) is 5.09. The van der Waals surface area contributed by atoms with Crippen LogP contribution in [0.1, 0.15) is 49.8 Å². The largest absolute Gasteiger partial charge is 0.490 e. The van der Waals surface area contributed by atoms with Crippen molar-refractivity contribution >= 4 is 0 Å². The highest BCUT2D eigenvalue weighted by Gasteiger charge is 2.26. The molecule has 1 aliphatic carbocycles. The summed E-state index contributed by atoms with van der Waals surface area (Å²) in [5.74, 6) is 2.65. The molecule has 2 unspecified atom stereocenters. The van der Waals surface area contributed by atoms with Gasteiger partial charge in [0.1, 0.15) is 5.75 Å². The van der Waals surface area contributed by atoms with Gasteiger partial charge >= 0.3 is 0 Å². The number of hydrogen-bond donors (Lipinski definition) is 1. The van der Waals surface area contributed by atoms with Crippen LogP contribution in [-0.2, 0) is 6.42 Å². The molecule has 0 amide bonds. The molecule has 1 aromatic rings. The van der Waals surface area contributed by atoms with Crippen molar-refractivity contribution in [3.05, 3.63) is 28.8 Å². The summed E-state index contributed by atoms with van der Waals surface area (Å²) in [6.45, 7) is 9.69. The molecule has 2 rings (SSSR count). The molecule has 112 valence electrons. The number of ether oxygens (including phenoxy) is 1. The van der Waals surface area contributed by atoms with Gasteiger partial charge in [0.05, 0.1) is 6.10 Å². The summed E-state index contributed by atoms with van der Waals surface area (Å²) in [4.78, 5) is 0. The van der Waals surface area contributed by atoms with Crippen LogP contribution in [0, 0.1) is 25.7 Å². The van der Waals surface area contributed by atoms with E-state index in [2.05, 4.69) is 39.8 Å². The van der Waals surface area contributed by atoms with Gasteiger partial charge in [-0.3, -0.25) is 0 Å². The smallest absolute Gasteiger partial charge is 0.125 e. The van der Waals surface area contributed by atoms with Crippen LogP contribution < -0.4 is 10.5 Å². The Bertz CT molecular complexity index is 422. The number of nitrogens with two attached hydrogens (primary N) is 1. The van der Waals surface area contributed by atoms with E-state index >= 15 is 0 Å². The van der Waals surface area contributed by atoms with Gasteiger partial charge < -0.3 is 10.5 Å². The molecule has 1 fully saturated rings. The summed E-state index contributed by atoms with van der Waals surface area (Å²) in [6.07, 6.45) is 5.04. The first-order valence-corrected chi connectivity index (χ1v) is 7.96. The Labute approximate surface area is 123 Å². The topological polar surface area (TPSA) is 35.2 Å². The van der Waals surface area contributed by atoms with E-state index < -0.39 is 0 Å². The molecule has 0 spiro atoms. The normalized spacial score (nSPS) is 26.6. The van der Waals surface area contributed by atoms with Crippen molar-refractivity contribution < 1.29 is 4.74 Å². The summed E-state index contributed by atoms with van der Waals surface area (Å²) in [5.41, 5.74) is 9.47. The quantitative estimate of drug-likeness (QED) is 0.901. The van der Waals surface area contributed by atoms with Crippen LogP contribution in [0.2, 0.25) is 0 Å². The minimum absolute atomic E-state index is 0.381. The molecule has 20 heavy (non-hydrogen) atoms. The predicted octanol–water partition coefficient (Wildman–Crippen LogP) is 4.01. The molecule has 0 radical (unpaired) electrons. The predicted molar refractivity (Wildman–Crippen MR) is 85.3 cm³/mol. The highest BCUT2D eigenvalue weighted by atomic mass is 16.5. The molecule has 0 saturated heterocycles. The lowest BCUT2D eigenvalue weighted by atomic mass is 9.81. The Hall–Kier alpha value is -1.02. The molecular formula is C18H29NO. The summed E-state index contributed by atoms with van der Waals surface area (Å²) in [6, 6.07) is 4.45. The number of aryl methyl sites for hydroxylation is 2. The van der Waals surface area contributed by atoms with E-state index in [0.717, 1.165) is 24.0 Å². The molecule has 1 saturated carbocycles. The Balaban J connectivity index is 2.12. The van der Waals surface area contributed by atoms with Gasteiger partial charge in [-0.15, -0.1) is 0 Å². The second-order valence-electron chi connectivity index (χ2n) is 6.75. The maximum atomic E-state index is 6.36. The molecule has 2 N–H and O–H groups in total. The van der Waals surface area contributed by atoms with Crippen molar-refractivity contribution in [3.8, 4) is 5.75 Å². The van der Waals surface area contributed by atoms with Crippen molar-refractivity contribution in [1.29, 1.82) is 0 Å². The zero-order valence-corrected chi connectivity index (χ0v) is 13.4. The summed E-state index contributed by atoms with van der Waals surface area (Å²) >= 11 is 0. The van der Waals surface area contributed by atoms with Gasteiger partial charge in [-0.25, -0.2) is 0 Å². The van der Waals surface area contributed by atoms with E-state index in [-0.39, 0.29) is 0 Å². The van der Waals surface area contributed by atoms with Crippen molar-refractivity contribution in [2.24, 2.45) is 17.6 Å². The van der Waals surface area contributed by atoms with Gasteiger partial charge in [0.15, 0.2) is 0 Å². The first kappa shape index (κ1) is 15.4. The van der Waals surface area contributed by atoms with E-state index in [4.69, 9.17) is 10.5 Å². The summed E-state index contributed by atoms with van der Waals surface area (Å²) < 4.78 is 6.36. The second-order valence-corrected chi connectivity index (χ2v) is 6.75. The third-order valence-corrected chi connectivity index (χ3v) is 4.37. The molecule has 2 heteroatoms. The molecular weight excluding hydrogens is 246 g/mol. The molecule has 2 nitrogen and oxygen atoms in total. The van der Waals surface area contributed by atoms with Gasteiger partial charge in [0.2, 0.25) is 0 Å². The van der Waals surface area contributed by atoms with E-state index in [1.807, 2.05) is 0 Å². The van der Waals surface area contributed by atoms with Crippen molar-refractivity contribution in [2.45, 2.75) is 59.5 Å². The first-order chi connectivity index (χ1) is 9.49. The summed E-state index contributed by atoms with van der Waals surface area (Å²) in [7, 11) is 0. The van der Waals surface area contributed by atoms with Crippen molar-refractivity contribution in [2.75, 3.05) is 6.54 Å². The lowest BCUT2D eigenvalue weighted by Gasteiger charge is -2.32. The monoisotopic (exact) mass is 275 g/mol. The third-order valence-electron chi connectivity index (χ3n) is 4.37. The third kappa shape index (κ3) is 3.76. The first-order valence-electron chi connectivity index (χ1n) is 7.96. The van der Waals surface area contributed by atoms with Crippen LogP contribution in [0.25, 0.3) is 0 Å². The Morgan fingerprint density at radius 3 is 2.10 bits per heavy atom. The molecule has 0 aromatic heterocycles. The minimum atomic E-state index is 0.381. The Morgan fingerprint density at radius 2 is 1.60 bits per heavy atom. The van der Waals surface area contributed by atoms with E-state index in [1.54, 1.807) is 0 Å². The summed E-state index contributed by atoms with van der Waals surface area (Å²) in [5, 5.41) is 0. The van der Waals surface area contributed by atoms with Gasteiger partial charge in [-0.1, -0.05) is 26.0 Å². The SMILES string of the molecule is Cc1cc(CCN)cc(C)c1OC1CC(C)CC(C)C1. The molecule has 0 bridgehead atoms.